The van der Waals surface area contributed by atoms with Gasteiger partial charge >= 0.3 is 0 Å². The second kappa shape index (κ2) is 11.3. The maximum absolute atomic E-state index is 12.6. The number of carbonyl (C=O) groups is 2. The lowest BCUT2D eigenvalue weighted by molar-refractivity contribution is -0.131. The average molecular weight is 519 g/mol. The van der Waals surface area contributed by atoms with Crippen LogP contribution < -0.4 is 20.3 Å². The van der Waals surface area contributed by atoms with E-state index >= 15 is 0 Å². The second-order valence-electron chi connectivity index (χ2n) is 7.22. The number of anilines is 2. The van der Waals surface area contributed by atoms with Crippen molar-refractivity contribution in [1.82, 2.24) is 10.2 Å². The van der Waals surface area contributed by atoms with E-state index in [4.69, 9.17) is 17.0 Å². The van der Waals surface area contributed by atoms with E-state index in [1.54, 1.807) is 18.2 Å². The van der Waals surface area contributed by atoms with Gasteiger partial charge in [-0.05, 0) is 65.4 Å². The van der Waals surface area contributed by atoms with Crippen LogP contribution in [-0.4, -0.2) is 54.6 Å². The van der Waals surface area contributed by atoms with Gasteiger partial charge in [0.2, 0.25) is 5.91 Å². The van der Waals surface area contributed by atoms with Crippen molar-refractivity contribution in [3.8, 4) is 5.75 Å². The molecule has 0 atom stereocenters. The second-order valence-corrected chi connectivity index (χ2v) is 8.49. The summed E-state index contributed by atoms with van der Waals surface area (Å²) in [5.74, 6) is 0.552. The fraction of sp³-hybridized carbons (Fsp3) is 0.348. The van der Waals surface area contributed by atoms with E-state index in [1.165, 1.54) is 0 Å². The summed E-state index contributed by atoms with van der Waals surface area (Å²) >= 11 is 8.82. The Morgan fingerprint density at radius 2 is 1.81 bits per heavy atom. The fourth-order valence-corrected chi connectivity index (χ4v) is 4.21. The largest absolute Gasteiger partial charge is 0.493 e. The third-order valence-electron chi connectivity index (χ3n) is 5.15. The first-order valence-electron chi connectivity index (χ1n) is 10.6. The summed E-state index contributed by atoms with van der Waals surface area (Å²) < 4.78 is 6.19. The van der Waals surface area contributed by atoms with Crippen LogP contribution in [0, 0.1) is 0 Å². The Labute approximate surface area is 202 Å². The van der Waals surface area contributed by atoms with Crippen LogP contribution in [0.2, 0.25) is 0 Å². The number of hydrogen-bond acceptors (Lipinski definition) is 5. The number of para-hydroxylation sites is 2. The molecule has 2 N–H and O–H groups in total. The third-order valence-corrected chi connectivity index (χ3v) is 5.97. The van der Waals surface area contributed by atoms with Crippen LogP contribution >= 0.6 is 28.1 Å². The topological polar surface area (TPSA) is 73.9 Å². The molecule has 32 heavy (non-hydrogen) atoms. The van der Waals surface area contributed by atoms with Gasteiger partial charge in [-0.2, -0.15) is 0 Å². The molecular formula is C23H27BrN4O3S. The van der Waals surface area contributed by atoms with Crippen molar-refractivity contribution in [2.75, 3.05) is 43.0 Å². The smallest absolute Gasteiger partial charge is 0.257 e. The maximum atomic E-state index is 12.6. The molecule has 1 fully saturated rings. The zero-order valence-electron chi connectivity index (χ0n) is 18.2. The van der Waals surface area contributed by atoms with Gasteiger partial charge in [-0.3, -0.25) is 14.9 Å². The summed E-state index contributed by atoms with van der Waals surface area (Å²) in [4.78, 5) is 28.7. The van der Waals surface area contributed by atoms with Gasteiger partial charge < -0.3 is 19.9 Å². The number of hydrogen-bond donors (Lipinski definition) is 2. The molecule has 1 saturated heterocycles. The fourth-order valence-electron chi connectivity index (χ4n) is 3.52. The third kappa shape index (κ3) is 5.98. The molecule has 0 aromatic heterocycles. The highest BCUT2D eigenvalue weighted by Crippen LogP contribution is 2.27. The average Bonchev–Trinajstić information content (AvgIpc) is 2.80. The summed E-state index contributed by atoms with van der Waals surface area (Å²) in [7, 11) is 0. The van der Waals surface area contributed by atoms with Gasteiger partial charge in [0.15, 0.2) is 5.11 Å². The SMILES string of the molecule is CCOc1ccc(C(=O)NC(=S)Nc2ccccc2N2CCN(C(=O)CC)CC2)cc1Br. The lowest BCUT2D eigenvalue weighted by atomic mass is 10.2. The van der Waals surface area contributed by atoms with E-state index in [0.717, 1.165) is 24.5 Å². The van der Waals surface area contributed by atoms with Crippen LogP contribution in [0.3, 0.4) is 0 Å². The maximum Gasteiger partial charge on any atom is 0.257 e. The molecule has 0 spiro atoms. The first-order valence-corrected chi connectivity index (χ1v) is 11.8. The van der Waals surface area contributed by atoms with Gasteiger partial charge in [0.1, 0.15) is 5.75 Å². The molecule has 1 aliphatic rings. The van der Waals surface area contributed by atoms with E-state index in [0.29, 0.717) is 41.9 Å². The van der Waals surface area contributed by atoms with E-state index in [2.05, 4.69) is 31.5 Å². The van der Waals surface area contributed by atoms with Crippen LogP contribution in [0.1, 0.15) is 30.6 Å². The lowest BCUT2D eigenvalue weighted by Gasteiger charge is -2.37. The molecule has 9 heteroatoms. The molecule has 0 saturated carbocycles. The van der Waals surface area contributed by atoms with Crippen molar-refractivity contribution in [2.45, 2.75) is 20.3 Å². The van der Waals surface area contributed by atoms with Crippen molar-refractivity contribution in [1.29, 1.82) is 0 Å². The number of nitrogens with one attached hydrogen (secondary N) is 2. The van der Waals surface area contributed by atoms with Crippen molar-refractivity contribution >= 4 is 56.4 Å². The molecule has 7 nitrogen and oxygen atoms in total. The number of benzene rings is 2. The Morgan fingerprint density at radius 1 is 1.09 bits per heavy atom. The molecule has 0 aliphatic carbocycles. The molecular weight excluding hydrogens is 492 g/mol. The highest BCUT2D eigenvalue weighted by atomic mass is 79.9. The number of thiocarbonyl (C=S) groups is 1. The van der Waals surface area contributed by atoms with Gasteiger partial charge in [0.25, 0.3) is 5.91 Å². The van der Waals surface area contributed by atoms with Crippen molar-refractivity contribution in [3.63, 3.8) is 0 Å². The van der Waals surface area contributed by atoms with Crippen molar-refractivity contribution < 1.29 is 14.3 Å². The summed E-state index contributed by atoms with van der Waals surface area (Å²) in [6.45, 7) is 7.19. The number of carbonyl (C=O) groups excluding carboxylic acids is 2. The molecule has 2 aromatic rings. The molecule has 0 unspecified atom stereocenters. The van der Waals surface area contributed by atoms with Crippen molar-refractivity contribution in [3.05, 3.63) is 52.5 Å². The molecule has 2 amide bonds. The Morgan fingerprint density at radius 3 is 2.47 bits per heavy atom. The predicted molar refractivity (Wildman–Crippen MR) is 135 cm³/mol. The van der Waals surface area contributed by atoms with Crippen LogP contribution in [-0.2, 0) is 4.79 Å². The summed E-state index contributed by atoms with van der Waals surface area (Å²) in [5.41, 5.74) is 2.26. The molecule has 0 bridgehead atoms. The van der Waals surface area contributed by atoms with E-state index in [-0.39, 0.29) is 16.9 Å². The number of amides is 2. The van der Waals surface area contributed by atoms with Gasteiger partial charge in [0.05, 0.1) is 22.5 Å². The quantitative estimate of drug-likeness (QED) is 0.562. The first-order chi connectivity index (χ1) is 15.4. The number of rotatable bonds is 6. The molecule has 1 heterocycles. The number of ether oxygens (including phenoxy) is 1. The van der Waals surface area contributed by atoms with E-state index in [9.17, 15) is 9.59 Å². The Hall–Kier alpha value is -2.65. The standard InChI is InChI=1S/C23H27BrN4O3S/c1-3-21(29)28-13-11-27(12-14-28)19-8-6-5-7-18(19)25-23(32)26-22(30)16-9-10-20(31-4-2)17(24)15-16/h5-10,15H,3-4,11-14H2,1-2H3,(H2,25,26,30,32). The van der Waals surface area contributed by atoms with Gasteiger partial charge in [-0.15, -0.1) is 0 Å². The highest BCUT2D eigenvalue weighted by molar-refractivity contribution is 9.10. The van der Waals surface area contributed by atoms with Crippen molar-refractivity contribution in [2.24, 2.45) is 0 Å². The summed E-state index contributed by atoms with van der Waals surface area (Å²) in [6.07, 6.45) is 0.525. The van der Waals surface area contributed by atoms with Gasteiger partial charge in [-0.25, -0.2) is 0 Å². The first kappa shape index (κ1) is 24.0. The summed E-state index contributed by atoms with van der Waals surface area (Å²) in [6, 6.07) is 12.9. The van der Waals surface area contributed by atoms with Gasteiger partial charge in [0, 0.05) is 38.2 Å². The highest BCUT2D eigenvalue weighted by Gasteiger charge is 2.22. The number of nitrogens with zero attached hydrogens (tertiary/aromatic N) is 2. The zero-order chi connectivity index (χ0) is 23.1. The number of halogens is 1. The summed E-state index contributed by atoms with van der Waals surface area (Å²) in [5, 5.41) is 6.09. The predicted octanol–water partition coefficient (Wildman–Crippen LogP) is 4.03. The van der Waals surface area contributed by atoms with Crippen LogP contribution in [0.15, 0.2) is 46.9 Å². The van der Waals surface area contributed by atoms with Gasteiger partial charge in [-0.1, -0.05) is 19.1 Å². The lowest BCUT2D eigenvalue weighted by Crippen LogP contribution is -2.48. The zero-order valence-corrected chi connectivity index (χ0v) is 20.6. The van der Waals surface area contributed by atoms with Crippen LogP contribution in [0.5, 0.6) is 5.75 Å². The van der Waals surface area contributed by atoms with E-state index < -0.39 is 0 Å². The van der Waals surface area contributed by atoms with Crippen LogP contribution in [0.25, 0.3) is 0 Å². The normalized spacial score (nSPS) is 13.5. The molecule has 2 aromatic carbocycles. The van der Waals surface area contributed by atoms with Crippen LogP contribution in [0.4, 0.5) is 11.4 Å². The van der Waals surface area contributed by atoms with E-state index in [1.807, 2.05) is 43.0 Å². The Kier molecular flexibility index (Phi) is 8.46. The Bertz CT molecular complexity index is 993. The minimum Gasteiger partial charge on any atom is -0.493 e. The molecule has 0 radical (unpaired) electrons. The monoisotopic (exact) mass is 518 g/mol. The molecule has 3 rings (SSSR count). The molecule has 170 valence electrons. The number of piperazine rings is 1. The Balaban J connectivity index is 1.63. The minimum absolute atomic E-state index is 0.181. The molecule has 1 aliphatic heterocycles. The minimum atomic E-state index is -0.310.